The number of nitrogens with zero attached hydrogens (tertiary/aromatic N) is 2. The third-order valence-corrected chi connectivity index (χ3v) is 2.57. The summed E-state index contributed by atoms with van der Waals surface area (Å²) in [6.07, 6.45) is 4.09. The SMILES string of the molecule is CC(C)(CCCn1cnccc1=O)C(=O)O. The second-order valence-corrected chi connectivity index (χ2v) is 4.40. The van der Waals surface area contributed by atoms with Gasteiger partial charge in [0.1, 0.15) is 0 Å². The van der Waals surface area contributed by atoms with Gasteiger partial charge in [-0.05, 0) is 26.7 Å². The molecule has 1 N–H and O–H groups in total. The maximum absolute atomic E-state index is 11.3. The van der Waals surface area contributed by atoms with Crippen LogP contribution in [-0.2, 0) is 11.3 Å². The molecule has 0 aliphatic heterocycles. The highest BCUT2D eigenvalue weighted by Crippen LogP contribution is 2.22. The van der Waals surface area contributed by atoms with Gasteiger partial charge < -0.3 is 5.11 Å². The fourth-order valence-electron chi connectivity index (χ4n) is 1.34. The van der Waals surface area contributed by atoms with E-state index in [4.69, 9.17) is 5.11 Å². The van der Waals surface area contributed by atoms with Gasteiger partial charge in [-0.2, -0.15) is 0 Å². The van der Waals surface area contributed by atoms with E-state index in [-0.39, 0.29) is 5.56 Å². The summed E-state index contributed by atoms with van der Waals surface area (Å²) in [5, 5.41) is 8.91. The molecule has 0 unspecified atom stereocenters. The van der Waals surface area contributed by atoms with Crippen LogP contribution in [0.3, 0.4) is 0 Å². The van der Waals surface area contributed by atoms with Crippen molar-refractivity contribution in [2.45, 2.75) is 33.2 Å². The Morgan fingerprint density at radius 2 is 2.25 bits per heavy atom. The number of hydrogen-bond acceptors (Lipinski definition) is 3. The Labute approximate surface area is 93.8 Å². The van der Waals surface area contributed by atoms with Crippen LogP contribution >= 0.6 is 0 Å². The normalized spacial score (nSPS) is 11.4. The Morgan fingerprint density at radius 1 is 1.56 bits per heavy atom. The lowest BCUT2D eigenvalue weighted by Crippen LogP contribution is -2.25. The van der Waals surface area contributed by atoms with Crippen LogP contribution < -0.4 is 5.56 Å². The van der Waals surface area contributed by atoms with Crippen LogP contribution in [-0.4, -0.2) is 20.6 Å². The molecule has 0 aliphatic rings. The van der Waals surface area contributed by atoms with Gasteiger partial charge in [-0.25, -0.2) is 4.98 Å². The molecule has 0 radical (unpaired) electrons. The third kappa shape index (κ3) is 3.18. The van der Waals surface area contributed by atoms with Crippen LogP contribution in [0.1, 0.15) is 26.7 Å². The van der Waals surface area contributed by atoms with Crippen molar-refractivity contribution >= 4 is 5.97 Å². The maximum Gasteiger partial charge on any atom is 0.309 e. The number of aryl methyl sites for hydroxylation is 1. The topological polar surface area (TPSA) is 72.2 Å². The molecule has 0 fully saturated rings. The highest BCUT2D eigenvalue weighted by Gasteiger charge is 2.26. The lowest BCUT2D eigenvalue weighted by Gasteiger charge is -2.18. The molecule has 0 aromatic carbocycles. The zero-order valence-corrected chi connectivity index (χ0v) is 9.51. The number of aromatic nitrogens is 2. The van der Waals surface area contributed by atoms with Gasteiger partial charge in [0, 0.05) is 18.8 Å². The lowest BCUT2D eigenvalue weighted by atomic mass is 9.88. The predicted octanol–water partition coefficient (Wildman–Crippen LogP) is 1.13. The molecular formula is C11H16N2O3. The predicted molar refractivity (Wildman–Crippen MR) is 59.1 cm³/mol. The minimum atomic E-state index is -0.814. The Kier molecular flexibility index (Phi) is 3.82. The Bertz CT molecular complexity index is 423. The molecule has 0 spiro atoms. The number of carboxylic acid groups (broad SMARTS) is 1. The molecular weight excluding hydrogens is 208 g/mol. The summed E-state index contributed by atoms with van der Waals surface area (Å²) < 4.78 is 1.48. The molecule has 1 aromatic rings. The van der Waals surface area contributed by atoms with Gasteiger partial charge in [-0.1, -0.05) is 0 Å². The van der Waals surface area contributed by atoms with Gasteiger partial charge in [0.2, 0.25) is 0 Å². The van der Waals surface area contributed by atoms with Crippen molar-refractivity contribution in [1.82, 2.24) is 9.55 Å². The zero-order valence-electron chi connectivity index (χ0n) is 9.51. The van der Waals surface area contributed by atoms with E-state index in [0.717, 1.165) is 0 Å². The molecule has 5 nitrogen and oxygen atoms in total. The number of aliphatic carboxylic acids is 1. The van der Waals surface area contributed by atoms with E-state index < -0.39 is 11.4 Å². The molecule has 88 valence electrons. The van der Waals surface area contributed by atoms with Crippen molar-refractivity contribution in [3.63, 3.8) is 0 Å². The van der Waals surface area contributed by atoms with E-state index in [1.165, 1.54) is 23.2 Å². The van der Waals surface area contributed by atoms with Crippen LogP contribution in [0.2, 0.25) is 0 Å². The summed E-state index contributed by atoms with van der Waals surface area (Å²) in [6.45, 7) is 3.87. The van der Waals surface area contributed by atoms with Gasteiger partial charge in [0.25, 0.3) is 5.56 Å². The fourth-order valence-corrected chi connectivity index (χ4v) is 1.34. The van der Waals surface area contributed by atoms with E-state index in [0.29, 0.717) is 19.4 Å². The molecule has 0 saturated carbocycles. The zero-order chi connectivity index (χ0) is 12.2. The maximum atomic E-state index is 11.3. The van der Waals surface area contributed by atoms with Gasteiger partial charge in [0.15, 0.2) is 0 Å². The van der Waals surface area contributed by atoms with Gasteiger partial charge in [-0.3, -0.25) is 14.2 Å². The molecule has 16 heavy (non-hydrogen) atoms. The highest BCUT2D eigenvalue weighted by atomic mass is 16.4. The molecule has 0 atom stereocenters. The van der Waals surface area contributed by atoms with Crippen LogP contribution in [0.5, 0.6) is 0 Å². The third-order valence-electron chi connectivity index (χ3n) is 2.57. The van der Waals surface area contributed by atoms with Crippen LogP contribution in [0.15, 0.2) is 23.4 Å². The molecule has 5 heteroatoms. The van der Waals surface area contributed by atoms with E-state index >= 15 is 0 Å². The average molecular weight is 224 g/mol. The second-order valence-electron chi connectivity index (χ2n) is 4.40. The first-order valence-corrected chi connectivity index (χ1v) is 5.17. The minimum absolute atomic E-state index is 0.108. The van der Waals surface area contributed by atoms with Gasteiger partial charge >= 0.3 is 5.97 Å². The van der Waals surface area contributed by atoms with E-state index in [9.17, 15) is 9.59 Å². The molecule has 0 amide bonds. The number of carbonyl (C=O) groups is 1. The molecule has 1 rings (SSSR count). The Hall–Kier alpha value is -1.65. The van der Waals surface area contributed by atoms with Crippen molar-refractivity contribution in [1.29, 1.82) is 0 Å². The summed E-state index contributed by atoms with van der Waals surface area (Å²) in [5.74, 6) is -0.814. The second kappa shape index (κ2) is 4.92. The summed E-state index contributed by atoms with van der Waals surface area (Å²) >= 11 is 0. The van der Waals surface area contributed by atoms with Gasteiger partial charge in [-0.15, -0.1) is 0 Å². The minimum Gasteiger partial charge on any atom is -0.481 e. The van der Waals surface area contributed by atoms with Crippen molar-refractivity contribution in [2.75, 3.05) is 0 Å². The summed E-state index contributed by atoms with van der Waals surface area (Å²) in [5.41, 5.74) is -0.852. The largest absolute Gasteiger partial charge is 0.481 e. The lowest BCUT2D eigenvalue weighted by molar-refractivity contribution is -0.147. The van der Waals surface area contributed by atoms with Crippen LogP contribution in [0.4, 0.5) is 0 Å². The Morgan fingerprint density at radius 3 is 2.81 bits per heavy atom. The first-order valence-electron chi connectivity index (χ1n) is 5.17. The monoisotopic (exact) mass is 224 g/mol. The number of carboxylic acids is 1. The molecule has 1 heterocycles. The van der Waals surface area contributed by atoms with E-state index in [2.05, 4.69) is 4.98 Å². The summed E-state index contributed by atoms with van der Waals surface area (Å²) in [7, 11) is 0. The molecule has 0 aliphatic carbocycles. The quantitative estimate of drug-likeness (QED) is 0.813. The fraction of sp³-hybridized carbons (Fsp3) is 0.545. The smallest absolute Gasteiger partial charge is 0.309 e. The molecule has 0 saturated heterocycles. The molecule has 0 bridgehead atoms. The van der Waals surface area contributed by atoms with Crippen molar-refractivity contribution < 1.29 is 9.90 Å². The molecule has 1 aromatic heterocycles. The number of hydrogen-bond donors (Lipinski definition) is 1. The standard InChI is InChI=1S/C11H16N2O3/c1-11(2,10(15)16)5-3-7-13-8-12-6-4-9(13)14/h4,6,8H,3,5,7H2,1-2H3,(H,15,16). The summed E-state index contributed by atoms with van der Waals surface area (Å²) in [6, 6.07) is 1.39. The Balaban J connectivity index is 2.51. The first kappa shape index (κ1) is 12.4. The number of rotatable bonds is 5. The van der Waals surface area contributed by atoms with E-state index in [1.807, 2.05) is 0 Å². The average Bonchev–Trinajstić information content (AvgIpc) is 2.20. The van der Waals surface area contributed by atoms with Crippen LogP contribution in [0, 0.1) is 5.41 Å². The summed E-state index contributed by atoms with van der Waals surface area (Å²) in [4.78, 5) is 26.0. The van der Waals surface area contributed by atoms with Crippen molar-refractivity contribution in [3.05, 3.63) is 28.9 Å². The van der Waals surface area contributed by atoms with Crippen molar-refractivity contribution in [2.24, 2.45) is 5.41 Å². The van der Waals surface area contributed by atoms with E-state index in [1.54, 1.807) is 13.8 Å². The first-order chi connectivity index (χ1) is 7.43. The highest BCUT2D eigenvalue weighted by molar-refractivity contribution is 5.73. The van der Waals surface area contributed by atoms with Crippen LogP contribution in [0.25, 0.3) is 0 Å². The van der Waals surface area contributed by atoms with Gasteiger partial charge in [0.05, 0.1) is 11.7 Å². The van der Waals surface area contributed by atoms with Crippen molar-refractivity contribution in [3.8, 4) is 0 Å².